The number of rotatable bonds is 3. The largest absolute Gasteiger partial charge is 0.496 e. The van der Waals surface area contributed by atoms with Gasteiger partial charge >= 0.3 is 5.97 Å². The lowest BCUT2D eigenvalue weighted by atomic mass is 10.0. The minimum Gasteiger partial charge on any atom is -0.496 e. The van der Waals surface area contributed by atoms with Crippen LogP contribution in [0, 0.1) is 0 Å². The number of carboxylic acids is 1. The molecule has 1 aliphatic rings. The lowest BCUT2D eigenvalue weighted by Gasteiger charge is -2.34. The molecule has 1 fully saturated rings. The average molecular weight is 286 g/mol. The van der Waals surface area contributed by atoms with Crippen molar-refractivity contribution < 1.29 is 14.6 Å². The number of piperidine rings is 1. The van der Waals surface area contributed by atoms with Crippen LogP contribution in [0.15, 0.2) is 30.5 Å². The lowest BCUT2D eigenvalue weighted by Crippen LogP contribution is -2.45. The predicted octanol–water partition coefficient (Wildman–Crippen LogP) is 2.69. The van der Waals surface area contributed by atoms with E-state index in [4.69, 9.17) is 4.74 Å². The number of benzene rings is 1. The molecule has 3 rings (SSSR count). The van der Waals surface area contributed by atoms with E-state index in [0.29, 0.717) is 6.42 Å². The first kappa shape index (κ1) is 13.7. The molecule has 1 aromatic heterocycles. The van der Waals surface area contributed by atoms with E-state index in [9.17, 15) is 9.90 Å². The third-order valence-electron chi connectivity index (χ3n) is 4.02. The Bertz CT molecular complexity index is 672. The summed E-state index contributed by atoms with van der Waals surface area (Å²) in [5.74, 6) is 0.731. The Morgan fingerprint density at radius 2 is 2.19 bits per heavy atom. The number of methoxy groups -OCH3 is 1. The van der Waals surface area contributed by atoms with Gasteiger partial charge in [-0.25, -0.2) is 9.78 Å². The Labute approximate surface area is 123 Å². The molecule has 0 aliphatic carbocycles. The zero-order chi connectivity index (χ0) is 14.8. The number of ether oxygens (including phenoxy) is 1. The standard InChI is InChI=1S/C16H18N2O3/c1-21-14-7-4-5-12-11(14)8-9-17-15(12)18-10-3-2-6-13(18)16(19)20/h4-5,7-9,13H,2-3,6,10H2,1H3,(H,19,20). The van der Waals surface area contributed by atoms with E-state index >= 15 is 0 Å². The van der Waals surface area contributed by atoms with E-state index in [1.165, 1.54) is 0 Å². The fourth-order valence-corrected chi connectivity index (χ4v) is 3.01. The topological polar surface area (TPSA) is 62.7 Å². The van der Waals surface area contributed by atoms with Crippen molar-refractivity contribution in [3.05, 3.63) is 30.5 Å². The predicted molar refractivity (Wildman–Crippen MR) is 80.9 cm³/mol. The van der Waals surface area contributed by atoms with E-state index in [0.717, 1.165) is 41.7 Å². The maximum Gasteiger partial charge on any atom is 0.326 e. The van der Waals surface area contributed by atoms with Gasteiger partial charge in [-0.2, -0.15) is 0 Å². The van der Waals surface area contributed by atoms with Crippen LogP contribution >= 0.6 is 0 Å². The van der Waals surface area contributed by atoms with Gasteiger partial charge < -0.3 is 14.7 Å². The third-order valence-corrected chi connectivity index (χ3v) is 4.02. The van der Waals surface area contributed by atoms with E-state index in [1.807, 2.05) is 29.2 Å². The SMILES string of the molecule is COc1cccc2c(N3CCCCC3C(=O)O)nccc12. The van der Waals surface area contributed by atoms with Gasteiger partial charge in [-0.15, -0.1) is 0 Å². The molecule has 1 aliphatic heterocycles. The minimum atomic E-state index is -0.781. The Hall–Kier alpha value is -2.30. The Kier molecular flexibility index (Phi) is 3.64. The zero-order valence-corrected chi connectivity index (χ0v) is 12.0. The number of aliphatic carboxylic acids is 1. The van der Waals surface area contributed by atoms with E-state index in [1.54, 1.807) is 13.3 Å². The normalized spacial score (nSPS) is 18.7. The molecule has 0 spiro atoms. The molecule has 1 unspecified atom stereocenters. The number of carboxylic acid groups (broad SMARTS) is 1. The lowest BCUT2D eigenvalue weighted by molar-refractivity contribution is -0.139. The average Bonchev–Trinajstić information content (AvgIpc) is 2.53. The number of carbonyl (C=O) groups is 1. The molecule has 0 bridgehead atoms. The van der Waals surface area contributed by atoms with Gasteiger partial charge in [0.15, 0.2) is 0 Å². The summed E-state index contributed by atoms with van der Waals surface area (Å²) in [7, 11) is 1.63. The maximum atomic E-state index is 11.5. The van der Waals surface area contributed by atoms with Crippen LogP contribution in [0.1, 0.15) is 19.3 Å². The third kappa shape index (κ3) is 2.39. The first-order chi connectivity index (χ1) is 10.2. The van der Waals surface area contributed by atoms with Gasteiger partial charge in [0.2, 0.25) is 0 Å². The van der Waals surface area contributed by atoms with Crippen molar-refractivity contribution in [1.82, 2.24) is 4.98 Å². The van der Waals surface area contributed by atoms with Gasteiger partial charge in [-0.3, -0.25) is 0 Å². The summed E-state index contributed by atoms with van der Waals surface area (Å²) >= 11 is 0. The molecule has 0 radical (unpaired) electrons. The highest BCUT2D eigenvalue weighted by atomic mass is 16.5. The van der Waals surface area contributed by atoms with Crippen LogP contribution in [-0.4, -0.2) is 35.8 Å². The zero-order valence-electron chi connectivity index (χ0n) is 12.0. The van der Waals surface area contributed by atoms with E-state index in [2.05, 4.69) is 4.98 Å². The molecular formula is C16H18N2O3. The molecule has 2 heterocycles. The van der Waals surface area contributed by atoms with Crippen LogP contribution in [0.3, 0.4) is 0 Å². The number of fused-ring (bicyclic) bond motifs is 1. The Balaban J connectivity index is 2.13. The number of nitrogens with zero attached hydrogens (tertiary/aromatic N) is 2. The van der Waals surface area contributed by atoms with Crippen molar-refractivity contribution in [1.29, 1.82) is 0 Å². The number of pyridine rings is 1. The van der Waals surface area contributed by atoms with Crippen LogP contribution in [0.2, 0.25) is 0 Å². The number of hydrogen-bond donors (Lipinski definition) is 1. The summed E-state index contributed by atoms with van der Waals surface area (Å²) in [6, 6.07) is 7.18. The summed E-state index contributed by atoms with van der Waals surface area (Å²) in [4.78, 5) is 17.9. The van der Waals surface area contributed by atoms with Crippen molar-refractivity contribution in [3.8, 4) is 5.75 Å². The van der Waals surface area contributed by atoms with Gasteiger partial charge in [0.1, 0.15) is 17.6 Å². The van der Waals surface area contributed by atoms with E-state index < -0.39 is 12.0 Å². The number of anilines is 1. The summed E-state index contributed by atoms with van der Waals surface area (Å²) in [6.07, 6.45) is 4.32. The van der Waals surface area contributed by atoms with Crippen molar-refractivity contribution in [3.63, 3.8) is 0 Å². The highest BCUT2D eigenvalue weighted by molar-refractivity contribution is 5.97. The quantitative estimate of drug-likeness (QED) is 0.940. The van der Waals surface area contributed by atoms with Crippen LogP contribution < -0.4 is 9.64 Å². The number of hydrogen-bond acceptors (Lipinski definition) is 4. The van der Waals surface area contributed by atoms with Gasteiger partial charge in [-0.1, -0.05) is 12.1 Å². The van der Waals surface area contributed by atoms with Crippen molar-refractivity contribution in [2.75, 3.05) is 18.6 Å². The second kappa shape index (κ2) is 5.60. The second-order valence-electron chi connectivity index (χ2n) is 5.23. The molecule has 1 N–H and O–H groups in total. The van der Waals surface area contributed by atoms with E-state index in [-0.39, 0.29) is 0 Å². The van der Waals surface area contributed by atoms with Crippen molar-refractivity contribution in [2.24, 2.45) is 0 Å². The highest BCUT2D eigenvalue weighted by Crippen LogP contribution is 2.33. The van der Waals surface area contributed by atoms with Gasteiger partial charge in [0, 0.05) is 23.5 Å². The van der Waals surface area contributed by atoms with Gasteiger partial charge in [0.05, 0.1) is 7.11 Å². The molecule has 5 heteroatoms. The molecule has 110 valence electrons. The molecule has 5 nitrogen and oxygen atoms in total. The molecule has 0 amide bonds. The summed E-state index contributed by atoms with van der Waals surface area (Å²) in [6.45, 7) is 0.723. The van der Waals surface area contributed by atoms with Crippen LogP contribution in [0.25, 0.3) is 10.8 Å². The highest BCUT2D eigenvalue weighted by Gasteiger charge is 2.30. The molecular weight excluding hydrogens is 268 g/mol. The first-order valence-corrected chi connectivity index (χ1v) is 7.13. The maximum absolute atomic E-state index is 11.5. The van der Waals surface area contributed by atoms with Crippen LogP contribution in [0.5, 0.6) is 5.75 Å². The smallest absolute Gasteiger partial charge is 0.326 e. The first-order valence-electron chi connectivity index (χ1n) is 7.13. The summed E-state index contributed by atoms with van der Waals surface area (Å²) < 4.78 is 5.38. The van der Waals surface area contributed by atoms with Crippen LogP contribution in [-0.2, 0) is 4.79 Å². The Morgan fingerprint density at radius 3 is 2.95 bits per heavy atom. The molecule has 1 atom stereocenters. The summed E-state index contributed by atoms with van der Waals surface area (Å²) in [5.41, 5.74) is 0. The monoisotopic (exact) mass is 286 g/mol. The van der Waals surface area contributed by atoms with Crippen molar-refractivity contribution >= 4 is 22.6 Å². The van der Waals surface area contributed by atoms with Gasteiger partial charge in [0.25, 0.3) is 0 Å². The van der Waals surface area contributed by atoms with Crippen molar-refractivity contribution in [2.45, 2.75) is 25.3 Å². The molecule has 21 heavy (non-hydrogen) atoms. The molecule has 0 saturated carbocycles. The molecule has 1 saturated heterocycles. The van der Waals surface area contributed by atoms with Crippen LogP contribution in [0.4, 0.5) is 5.82 Å². The Morgan fingerprint density at radius 1 is 1.33 bits per heavy atom. The molecule has 1 aromatic carbocycles. The number of aromatic nitrogens is 1. The van der Waals surface area contributed by atoms with Gasteiger partial charge in [-0.05, 0) is 31.4 Å². The molecule has 2 aromatic rings. The second-order valence-corrected chi connectivity index (χ2v) is 5.23. The fraction of sp³-hybridized carbons (Fsp3) is 0.375. The fourth-order valence-electron chi connectivity index (χ4n) is 3.01. The summed E-state index contributed by atoms with van der Waals surface area (Å²) in [5, 5.41) is 11.3. The minimum absolute atomic E-state index is 0.497.